The van der Waals surface area contributed by atoms with Crippen molar-refractivity contribution in [2.45, 2.75) is 51.0 Å². The Bertz CT molecular complexity index is 490. The van der Waals surface area contributed by atoms with Crippen LogP contribution in [0.1, 0.15) is 43.2 Å². The highest BCUT2D eigenvalue weighted by molar-refractivity contribution is 5.90. The summed E-state index contributed by atoms with van der Waals surface area (Å²) in [5.74, 6) is 0.0376. The van der Waals surface area contributed by atoms with E-state index in [1.807, 2.05) is 21.0 Å². The molecule has 0 heterocycles. The van der Waals surface area contributed by atoms with Gasteiger partial charge in [-0.15, -0.1) is 0 Å². The second kappa shape index (κ2) is 6.04. The number of benzene rings is 1. The number of rotatable bonds is 4. The lowest BCUT2D eigenvalue weighted by Gasteiger charge is -2.41. The number of likely N-dealkylation sites (N-methyl/N-ethyl adjacent to an activating group) is 1. The number of carbonyl (C=O) groups is 1. The van der Waals surface area contributed by atoms with Gasteiger partial charge in [0.15, 0.2) is 5.78 Å². The van der Waals surface area contributed by atoms with E-state index < -0.39 is 0 Å². The zero-order valence-electron chi connectivity index (χ0n) is 12.7. The molecule has 0 aliphatic heterocycles. The first kappa shape index (κ1) is 15.2. The highest BCUT2D eigenvalue weighted by atomic mass is 19.1. The summed E-state index contributed by atoms with van der Waals surface area (Å²) >= 11 is 0. The maximum absolute atomic E-state index is 13.2. The fourth-order valence-electron chi connectivity index (χ4n) is 3.31. The summed E-state index contributed by atoms with van der Waals surface area (Å²) in [7, 11) is 4.00. The van der Waals surface area contributed by atoms with Crippen molar-refractivity contribution in [1.29, 1.82) is 0 Å². The van der Waals surface area contributed by atoms with Crippen LogP contribution in [0.5, 0.6) is 0 Å². The second-order valence-electron chi connectivity index (χ2n) is 6.16. The van der Waals surface area contributed by atoms with E-state index in [0.717, 1.165) is 36.8 Å². The fraction of sp³-hybridized carbons (Fsp3) is 0.588. The molecule has 3 heteroatoms. The van der Waals surface area contributed by atoms with Crippen LogP contribution in [0.3, 0.4) is 0 Å². The van der Waals surface area contributed by atoms with Crippen LogP contribution in [0, 0.1) is 12.7 Å². The minimum atomic E-state index is -0.320. The van der Waals surface area contributed by atoms with Crippen LogP contribution in [0.25, 0.3) is 0 Å². The zero-order valence-corrected chi connectivity index (χ0v) is 12.7. The van der Waals surface area contributed by atoms with Crippen molar-refractivity contribution in [1.82, 2.24) is 4.90 Å². The smallest absolute Gasteiger partial charge is 0.157 e. The van der Waals surface area contributed by atoms with Gasteiger partial charge in [0, 0.05) is 6.42 Å². The molecule has 0 unspecified atom stereocenters. The molecule has 0 bridgehead atoms. The molecule has 1 aliphatic carbocycles. The molecular formula is C17H24FNO. The summed E-state index contributed by atoms with van der Waals surface area (Å²) in [5, 5.41) is 0. The summed E-state index contributed by atoms with van der Waals surface area (Å²) in [6, 6.07) is 4.69. The first-order valence-electron chi connectivity index (χ1n) is 7.41. The fourth-order valence-corrected chi connectivity index (χ4v) is 3.31. The molecule has 0 saturated heterocycles. The number of halogens is 1. The van der Waals surface area contributed by atoms with E-state index in [9.17, 15) is 9.18 Å². The van der Waals surface area contributed by atoms with Crippen LogP contribution in [-0.2, 0) is 11.2 Å². The van der Waals surface area contributed by atoms with Crippen molar-refractivity contribution in [2.24, 2.45) is 0 Å². The van der Waals surface area contributed by atoms with E-state index in [4.69, 9.17) is 0 Å². The Morgan fingerprint density at radius 1 is 1.25 bits per heavy atom. The third kappa shape index (κ3) is 2.93. The number of hydrogen-bond acceptors (Lipinski definition) is 2. The standard InChI is InChI=1S/C17H24FNO/c1-13-11-15(18)8-7-14(13)12-16(20)17(19(2)3)9-5-4-6-10-17/h7-8,11H,4-6,9-10,12H2,1-3H3. The van der Waals surface area contributed by atoms with E-state index in [1.165, 1.54) is 18.6 Å². The van der Waals surface area contributed by atoms with Crippen molar-refractivity contribution in [3.05, 3.63) is 35.1 Å². The van der Waals surface area contributed by atoms with Crippen molar-refractivity contribution >= 4 is 5.78 Å². The Morgan fingerprint density at radius 3 is 2.45 bits per heavy atom. The molecule has 0 atom stereocenters. The SMILES string of the molecule is Cc1cc(F)ccc1CC(=O)C1(N(C)C)CCCCC1. The second-order valence-corrected chi connectivity index (χ2v) is 6.16. The van der Waals surface area contributed by atoms with Gasteiger partial charge in [-0.2, -0.15) is 0 Å². The van der Waals surface area contributed by atoms with Gasteiger partial charge in [-0.25, -0.2) is 4.39 Å². The summed E-state index contributed by atoms with van der Waals surface area (Å²) in [4.78, 5) is 14.9. The molecule has 1 aromatic rings. The molecule has 2 nitrogen and oxygen atoms in total. The number of nitrogens with zero attached hydrogens (tertiary/aromatic N) is 1. The number of hydrogen-bond donors (Lipinski definition) is 0. The Kier molecular flexibility index (Phi) is 4.59. The van der Waals surface area contributed by atoms with E-state index >= 15 is 0 Å². The summed E-state index contributed by atoms with van der Waals surface area (Å²) in [6.45, 7) is 1.87. The van der Waals surface area contributed by atoms with Crippen LogP contribution in [0.4, 0.5) is 4.39 Å². The molecule has 0 spiro atoms. The molecule has 0 aromatic heterocycles. The minimum Gasteiger partial charge on any atom is -0.297 e. The highest BCUT2D eigenvalue weighted by Crippen LogP contribution is 2.34. The third-order valence-corrected chi connectivity index (χ3v) is 4.71. The van der Waals surface area contributed by atoms with E-state index in [1.54, 1.807) is 6.07 Å². The molecule has 110 valence electrons. The van der Waals surface area contributed by atoms with Gasteiger partial charge in [0.2, 0.25) is 0 Å². The lowest BCUT2D eigenvalue weighted by molar-refractivity contribution is -0.131. The summed E-state index contributed by atoms with van der Waals surface area (Å²) in [5.41, 5.74) is 1.49. The van der Waals surface area contributed by atoms with Crippen LogP contribution in [-0.4, -0.2) is 30.3 Å². The normalized spacial score (nSPS) is 18.2. The molecule has 2 rings (SSSR count). The molecule has 1 aliphatic rings. The molecular weight excluding hydrogens is 253 g/mol. The summed E-state index contributed by atoms with van der Waals surface area (Å²) < 4.78 is 13.2. The Morgan fingerprint density at radius 2 is 1.90 bits per heavy atom. The molecule has 20 heavy (non-hydrogen) atoms. The third-order valence-electron chi connectivity index (χ3n) is 4.71. The quantitative estimate of drug-likeness (QED) is 0.839. The van der Waals surface area contributed by atoms with Gasteiger partial charge < -0.3 is 0 Å². The average Bonchev–Trinajstić information content (AvgIpc) is 2.42. The molecule has 1 saturated carbocycles. The van der Waals surface area contributed by atoms with Gasteiger partial charge in [0.25, 0.3) is 0 Å². The van der Waals surface area contributed by atoms with Crippen molar-refractivity contribution in [3.63, 3.8) is 0 Å². The molecule has 1 aromatic carbocycles. The van der Waals surface area contributed by atoms with Gasteiger partial charge in [-0.05, 0) is 57.1 Å². The largest absolute Gasteiger partial charge is 0.297 e. The Balaban J connectivity index is 2.20. The monoisotopic (exact) mass is 277 g/mol. The van der Waals surface area contributed by atoms with E-state index in [2.05, 4.69) is 4.90 Å². The highest BCUT2D eigenvalue weighted by Gasteiger charge is 2.40. The van der Waals surface area contributed by atoms with E-state index in [-0.39, 0.29) is 17.1 Å². The zero-order chi connectivity index (χ0) is 14.8. The molecule has 0 radical (unpaired) electrons. The first-order valence-corrected chi connectivity index (χ1v) is 7.41. The van der Waals surface area contributed by atoms with Crippen molar-refractivity contribution in [3.8, 4) is 0 Å². The van der Waals surface area contributed by atoms with Crippen LogP contribution >= 0.6 is 0 Å². The van der Waals surface area contributed by atoms with Gasteiger partial charge in [-0.3, -0.25) is 9.69 Å². The molecule has 1 fully saturated rings. The predicted octanol–water partition coefficient (Wildman–Crippen LogP) is 3.51. The first-order chi connectivity index (χ1) is 9.45. The van der Waals surface area contributed by atoms with Gasteiger partial charge in [0.1, 0.15) is 5.82 Å². The van der Waals surface area contributed by atoms with Gasteiger partial charge in [-0.1, -0.05) is 25.3 Å². The minimum absolute atomic E-state index is 0.237. The predicted molar refractivity (Wildman–Crippen MR) is 79.4 cm³/mol. The van der Waals surface area contributed by atoms with E-state index in [0.29, 0.717) is 6.42 Å². The topological polar surface area (TPSA) is 20.3 Å². The van der Waals surface area contributed by atoms with Crippen molar-refractivity contribution < 1.29 is 9.18 Å². The van der Waals surface area contributed by atoms with Crippen molar-refractivity contribution in [2.75, 3.05) is 14.1 Å². The number of carbonyl (C=O) groups excluding carboxylic acids is 1. The molecule has 0 N–H and O–H groups in total. The number of ketones is 1. The maximum Gasteiger partial charge on any atom is 0.157 e. The van der Waals surface area contributed by atoms with Crippen LogP contribution in [0.15, 0.2) is 18.2 Å². The number of aryl methyl sites for hydroxylation is 1. The van der Waals surface area contributed by atoms with Crippen LogP contribution < -0.4 is 0 Å². The average molecular weight is 277 g/mol. The Hall–Kier alpha value is -1.22. The maximum atomic E-state index is 13.2. The lowest BCUT2D eigenvalue weighted by Crippen LogP contribution is -2.53. The molecule has 0 amide bonds. The van der Waals surface area contributed by atoms with Crippen LogP contribution in [0.2, 0.25) is 0 Å². The van der Waals surface area contributed by atoms with Gasteiger partial charge in [0.05, 0.1) is 5.54 Å². The lowest BCUT2D eigenvalue weighted by atomic mass is 9.75. The summed E-state index contributed by atoms with van der Waals surface area (Å²) in [6.07, 6.45) is 5.75. The Labute approximate surface area is 121 Å². The number of Topliss-reactive ketones (excluding diaryl/α,β-unsaturated/α-hetero) is 1. The van der Waals surface area contributed by atoms with Gasteiger partial charge >= 0.3 is 0 Å².